The van der Waals surface area contributed by atoms with Crippen molar-refractivity contribution in [3.63, 3.8) is 0 Å². The Morgan fingerprint density at radius 3 is 0.872 bits per heavy atom. The average Bonchev–Trinajstić information content (AvgIpc) is 2.95. The number of aryl methyl sites for hydroxylation is 4. The Kier molecular flexibility index (Phi) is 16.8. The Morgan fingerprint density at radius 1 is 0.385 bits per heavy atom. The normalized spacial score (nSPS) is 11.6. The molecular weight excluding hydrogens is 468 g/mol. The molecule has 2 aromatic carbocycles. The minimum atomic E-state index is 0.506. The maximum atomic E-state index is 2.66. The summed E-state index contributed by atoms with van der Waals surface area (Å²) in [5.74, 6) is 0.506. The smallest absolute Gasteiger partial charge is 0.00871 e. The van der Waals surface area contributed by atoms with E-state index >= 15 is 0 Å². The number of unbranched alkanes of at least 4 members (excludes halogenated alkanes) is 6. The van der Waals surface area contributed by atoms with E-state index in [9.17, 15) is 0 Å². The highest BCUT2D eigenvalue weighted by Crippen LogP contribution is 2.36. The van der Waals surface area contributed by atoms with Crippen LogP contribution in [0.4, 0.5) is 0 Å². The number of rotatable bonds is 21. The van der Waals surface area contributed by atoms with Gasteiger partial charge in [-0.05, 0) is 128 Å². The molecule has 0 bridgehead atoms. The van der Waals surface area contributed by atoms with Gasteiger partial charge in [-0.2, -0.15) is 0 Å². The molecular formula is C39H64. The van der Waals surface area contributed by atoms with Gasteiger partial charge >= 0.3 is 0 Å². The van der Waals surface area contributed by atoms with Crippen molar-refractivity contribution in [2.24, 2.45) is 0 Å². The van der Waals surface area contributed by atoms with E-state index in [1.165, 1.54) is 122 Å². The Morgan fingerprint density at radius 2 is 0.641 bits per heavy atom. The summed E-state index contributed by atoms with van der Waals surface area (Å²) in [7, 11) is 0. The molecule has 39 heavy (non-hydrogen) atoms. The van der Waals surface area contributed by atoms with Crippen LogP contribution in [0.3, 0.4) is 0 Å². The SMILES string of the molecule is CCCCc1cc(C(CC)c2cc(CCCC)c(CCCC)c(CCCC)c2)cc(CCCC)c1CCCC. The first kappa shape index (κ1) is 33.6. The maximum Gasteiger partial charge on any atom is 0.00871 e. The van der Waals surface area contributed by atoms with Crippen LogP contribution >= 0.6 is 0 Å². The van der Waals surface area contributed by atoms with E-state index in [-0.39, 0.29) is 0 Å². The lowest BCUT2D eigenvalue weighted by Crippen LogP contribution is -2.10. The molecule has 0 amide bonds. The lowest BCUT2D eigenvalue weighted by atomic mass is 9.80. The Balaban J connectivity index is 2.68. The van der Waals surface area contributed by atoms with Crippen LogP contribution in [0, 0.1) is 0 Å². The summed E-state index contributed by atoms with van der Waals surface area (Å²) in [5, 5.41) is 0. The molecule has 0 fully saturated rings. The molecule has 0 N–H and O–H groups in total. The first-order valence-electron chi connectivity index (χ1n) is 17.4. The topological polar surface area (TPSA) is 0 Å². The Bertz CT molecular complexity index is 800. The van der Waals surface area contributed by atoms with Crippen LogP contribution in [-0.2, 0) is 38.5 Å². The molecule has 220 valence electrons. The van der Waals surface area contributed by atoms with Crippen molar-refractivity contribution in [1.29, 1.82) is 0 Å². The lowest BCUT2D eigenvalue weighted by Gasteiger charge is -2.25. The zero-order valence-electron chi connectivity index (χ0n) is 27.3. The summed E-state index contributed by atoms with van der Waals surface area (Å²) >= 11 is 0. The van der Waals surface area contributed by atoms with Gasteiger partial charge in [0.15, 0.2) is 0 Å². The molecule has 0 nitrogen and oxygen atoms in total. The zero-order chi connectivity index (χ0) is 28.5. The monoisotopic (exact) mass is 533 g/mol. The molecule has 2 aromatic rings. The molecule has 0 aliphatic rings. The molecule has 0 atom stereocenters. The molecule has 0 heterocycles. The maximum absolute atomic E-state index is 2.66. The van der Waals surface area contributed by atoms with Crippen LogP contribution in [-0.4, -0.2) is 0 Å². The molecule has 0 aliphatic carbocycles. The minimum absolute atomic E-state index is 0.506. The van der Waals surface area contributed by atoms with Crippen LogP contribution < -0.4 is 0 Å². The lowest BCUT2D eigenvalue weighted by molar-refractivity contribution is 0.713. The van der Waals surface area contributed by atoms with E-state index in [1.807, 2.05) is 0 Å². The highest BCUT2D eigenvalue weighted by atomic mass is 14.2. The Hall–Kier alpha value is -1.56. The van der Waals surface area contributed by atoms with Gasteiger partial charge in [0.2, 0.25) is 0 Å². The second-order valence-corrected chi connectivity index (χ2v) is 12.2. The predicted molar refractivity (Wildman–Crippen MR) is 177 cm³/mol. The van der Waals surface area contributed by atoms with Gasteiger partial charge in [0.1, 0.15) is 0 Å². The minimum Gasteiger partial charge on any atom is -0.0654 e. The molecule has 2 rings (SSSR count). The fraction of sp³-hybridized carbons (Fsp3) is 0.692. The molecule has 0 unspecified atom stereocenters. The summed E-state index contributed by atoms with van der Waals surface area (Å²) < 4.78 is 0. The van der Waals surface area contributed by atoms with Crippen LogP contribution in [0.15, 0.2) is 24.3 Å². The van der Waals surface area contributed by atoms with Crippen molar-refractivity contribution in [3.05, 3.63) is 68.8 Å². The van der Waals surface area contributed by atoms with Crippen molar-refractivity contribution < 1.29 is 0 Å². The highest BCUT2D eigenvalue weighted by Gasteiger charge is 2.20. The van der Waals surface area contributed by atoms with Gasteiger partial charge < -0.3 is 0 Å². The van der Waals surface area contributed by atoms with Crippen molar-refractivity contribution in [2.45, 2.75) is 176 Å². The van der Waals surface area contributed by atoms with Crippen molar-refractivity contribution >= 4 is 0 Å². The molecule has 0 saturated carbocycles. The quantitative estimate of drug-likeness (QED) is 0.150. The van der Waals surface area contributed by atoms with Crippen molar-refractivity contribution in [1.82, 2.24) is 0 Å². The number of hydrogen-bond acceptors (Lipinski definition) is 0. The van der Waals surface area contributed by atoms with Gasteiger partial charge in [-0.3, -0.25) is 0 Å². The third-order valence-corrected chi connectivity index (χ3v) is 8.89. The first-order valence-corrected chi connectivity index (χ1v) is 17.4. The van der Waals surface area contributed by atoms with Crippen LogP contribution in [0.2, 0.25) is 0 Å². The highest BCUT2D eigenvalue weighted by molar-refractivity contribution is 5.47. The first-order chi connectivity index (χ1) is 19.1. The predicted octanol–water partition coefficient (Wildman–Crippen LogP) is 12.3. The summed E-state index contributed by atoms with van der Waals surface area (Å²) in [6, 6.07) is 10.6. The van der Waals surface area contributed by atoms with Gasteiger partial charge in [0, 0.05) is 5.92 Å². The van der Waals surface area contributed by atoms with Crippen molar-refractivity contribution in [3.8, 4) is 0 Å². The van der Waals surface area contributed by atoms with Gasteiger partial charge in [0.05, 0.1) is 0 Å². The van der Waals surface area contributed by atoms with Crippen LogP contribution in [0.25, 0.3) is 0 Å². The fourth-order valence-corrected chi connectivity index (χ4v) is 6.43. The van der Waals surface area contributed by atoms with Gasteiger partial charge in [-0.1, -0.05) is 111 Å². The summed E-state index contributed by atoms with van der Waals surface area (Å²) in [4.78, 5) is 0. The molecule has 0 aromatic heterocycles. The molecule has 0 spiro atoms. The standard InChI is InChI=1S/C39H64/c1-8-15-21-31-27-35(28-32(22-16-9-2)38(31)25-19-12-5)37(14-7)36-29-33(23-17-10-3)39(26-20-13-6)34(30-36)24-18-11-4/h27-30,37H,8-26H2,1-7H3. The van der Waals surface area contributed by atoms with Crippen molar-refractivity contribution in [2.75, 3.05) is 0 Å². The molecule has 0 heteroatoms. The molecule has 0 saturated heterocycles. The Labute approximate surface area is 244 Å². The van der Waals surface area contributed by atoms with Gasteiger partial charge in [-0.25, -0.2) is 0 Å². The molecule has 0 aliphatic heterocycles. The van der Waals surface area contributed by atoms with E-state index < -0.39 is 0 Å². The van der Waals surface area contributed by atoms with E-state index in [0.717, 1.165) is 0 Å². The average molecular weight is 533 g/mol. The number of hydrogen-bond donors (Lipinski definition) is 0. The largest absolute Gasteiger partial charge is 0.0654 e. The van der Waals surface area contributed by atoms with E-state index in [0.29, 0.717) is 5.92 Å². The van der Waals surface area contributed by atoms with Gasteiger partial charge in [-0.15, -0.1) is 0 Å². The second kappa shape index (κ2) is 19.5. The van der Waals surface area contributed by atoms with Crippen LogP contribution in [0.1, 0.15) is 182 Å². The van der Waals surface area contributed by atoms with E-state index in [4.69, 9.17) is 0 Å². The third kappa shape index (κ3) is 10.4. The van der Waals surface area contributed by atoms with E-state index in [2.05, 4.69) is 72.7 Å². The summed E-state index contributed by atoms with van der Waals surface area (Å²) in [5.41, 5.74) is 13.3. The zero-order valence-corrected chi connectivity index (χ0v) is 27.3. The summed E-state index contributed by atoms with van der Waals surface area (Å²) in [6.07, 6.45) is 24.2. The van der Waals surface area contributed by atoms with E-state index in [1.54, 1.807) is 44.5 Å². The third-order valence-electron chi connectivity index (χ3n) is 8.89. The second-order valence-electron chi connectivity index (χ2n) is 12.2. The fourth-order valence-electron chi connectivity index (χ4n) is 6.43. The van der Waals surface area contributed by atoms with Gasteiger partial charge in [0.25, 0.3) is 0 Å². The summed E-state index contributed by atoms with van der Waals surface area (Å²) in [6.45, 7) is 16.5. The van der Waals surface area contributed by atoms with Crippen LogP contribution in [0.5, 0.6) is 0 Å². The molecule has 0 radical (unpaired) electrons. The number of benzene rings is 2.